The fourth-order valence-corrected chi connectivity index (χ4v) is 3.75. The first-order valence-corrected chi connectivity index (χ1v) is 7.18. The summed E-state index contributed by atoms with van der Waals surface area (Å²) in [7, 11) is 0. The van der Waals surface area contributed by atoms with Gasteiger partial charge in [0, 0.05) is 5.92 Å². The molecule has 0 bridgehead atoms. The fraction of sp³-hybridized carbons (Fsp3) is 0.733. The highest BCUT2D eigenvalue weighted by Gasteiger charge is 2.59. The summed E-state index contributed by atoms with van der Waals surface area (Å²) < 4.78 is 4.97. The van der Waals surface area contributed by atoms with Crippen molar-refractivity contribution in [3.8, 4) is 0 Å². The summed E-state index contributed by atoms with van der Waals surface area (Å²) in [6.45, 7) is 7.22. The molecule has 0 aromatic rings. The van der Waals surface area contributed by atoms with Crippen LogP contribution in [0.3, 0.4) is 0 Å². The van der Waals surface area contributed by atoms with Gasteiger partial charge in [-0.05, 0) is 24.7 Å². The zero-order chi connectivity index (χ0) is 15.9. The lowest BCUT2D eigenvalue weighted by atomic mass is 9.60. The Morgan fingerprint density at radius 3 is 2.62 bits per heavy atom. The zero-order valence-electron chi connectivity index (χ0n) is 12.3. The van der Waals surface area contributed by atoms with Crippen LogP contribution in [0.15, 0.2) is 12.2 Å². The van der Waals surface area contributed by atoms with Gasteiger partial charge in [0.1, 0.15) is 12.2 Å². The standard InChI is InChI=1S/C15H22O6/c1-7(2)9-4-5-15(20)6-21-14(19)11(15)10(9)12(16)8(3)13(17)18/h7,9-12,16,20H,3-6H2,1-2H3,(H,17,18)/t9-,10+,11+,12-,15-/m0/s1. The SMILES string of the molecule is C=C(C(=O)O)[C@H](O)[C@@H]1[C@H](C(C)C)CC[C@]2(O)COC(=O)[C@@H]12. The minimum Gasteiger partial charge on any atom is -0.478 e. The van der Waals surface area contributed by atoms with E-state index in [9.17, 15) is 19.8 Å². The molecular weight excluding hydrogens is 276 g/mol. The van der Waals surface area contributed by atoms with E-state index in [-0.39, 0.29) is 24.0 Å². The third kappa shape index (κ3) is 2.58. The van der Waals surface area contributed by atoms with Gasteiger partial charge in [-0.25, -0.2) is 4.79 Å². The number of hydrogen-bond acceptors (Lipinski definition) is 5. The molecule has 1 saturated carbocycles. The number of hydrogen-bond donors (Lipinski definition) is 3. The number of cyclic esters (lactones) is 1. The van der Waals surface area contributed by atoms with Crippen LogP contribution in [0, 0.1) is 23.7 Å². The molecule has 3 N–H and O–H groups in total. The van der Waals surface area contributed by atoms with Crippen LogP contribution in [0.1, 0.15) is 26.7 Å². The number of ether oxygens (including phenoxy) is 1. The smallest absolute Gasteiger partial charge is 0.333 e. The highest BCUT2D eigenvalue weighted by molar-refractivity contribution is 5.87. The van der Waals surface area contributed by atoms with Crippen LogP contribution in [0.5, 0.6) is 0 Å². The van der Waals surface area contributed by atoms with Crippen LogP contribution in [-0.4, -0.2) is 45.6 Å². The molecule has 1 aliphatic carbocycles. The van der Waals surface area contributed by atoms with Crippen LogP contribution in [0.4, 0.5) is 0 Å². The Morgan fingerprint density at radius 2 is 2.10 bits per heavy atom. The Kier molecular flexibility index (Phi) is 4.13. The topological polar surface area (TPSA) is 104 Å². The van der Waals surface area contributed by atoms with Gasteiger partial charge < -0.3 is 20.1 Å². The monoisotopic (exact) mass is 298 g/mol. The van der Waals surface area contributed by atoms with Gasteiger partial charge in [-0.15, -0.1) is 0 Å². The van der Waals surface area contributed by atoms with Crippen LogP contribution < -0.4 is 0 Å². The van der Waals surface area contributed by atoms with Crippen molar-refractivity contribution >= 4 is 11.9 Å². The molecule has 2 aliphatic rings. The highest BCUT2D eigenvalue weighted by Crippen LogP contribution is 2.50. The van der Waals surface area contributed by atoms with E-state index in [1.165, 1.54) is 0 Å². The Hall–Kier alpha value is -1.40. The van der Waals surface area contributed by atoms with Crippen molar-refractivity contribution in [2.45, 2.75) is 38.4 Å². The number of esters is 1. The van der Waals surface area contributed by atoms with Crippen molar-refractivity contribution < 1.29 is 29.6 Å². The number of rotatable bonds is 4. The molecule has 5 atom stereocenters. The number of carboxylic acid groups (broad SMARTS) is 1. The van der Waals surface area contributed by atoms with Crippen molar-refractivity contribution in [3.05, 3.63) is 12.2 Å². The second kappa shape index (κ2) is 5.42. The molecule has 1 heterocycles. The average Bonchev–Trinajstić information content (AvgIpc) is 2.71. The fourth-order valence-electron chi connectivity index (χ4n) is 3.75. The number of aliphatic hydroxyl groups is 2. The Morgan fingerprint density at radius 1 is 1.48 bits per heavy atom. The van der Waals surface area contributed by atoms with E-state index in [4.69, 9.17) is 9.84 Å². The molecule has 6 heteroatoms. The maximum absolute atomic E-state index is 12.0. The number of carbonyl (C=O) groups excluding carboxylic acids is 1. The molecule has 1 saturated heterocycles. The largest absolute Gasteiger partial charge is 0.478 e. The van der Waals surface area contributed by atoms with Crippen LogP contribution in [0.2, 0.25) is 0 Å². The van der Waals surface area contributed by atoms with E-state index in [2.05, 4.69) is 6.58 Å². The maximum Gasteiger partial charge on any atom is 0.333 e. The van der Waals surface area contributed by atoms with Crippen molar-refractivity contribution in [1.29, 1.82) is 0 Å². The summed E-state index contributed by atoms with van der Waals surface area (Å²) in [4.78, 5) is 23.1. The van der Waals surface area contributed by atoms with Crippen molar-refractivity contribution in [2.75, 3.05) is 6.61 Å². The predicted octanol–water partition coefficient (Wildman–Crippen LogP) is 0.574. The average molecular weight is 298 g/mol. The molecule has 1 aliphatic heterocycles. The lowest BCUT2D eigenvalue weighted by Crippen LogP contribution is -2.54. The summed E-state index contributed by atoms with van der Waals surface area (Å²) >= 11 is 0. The Labute approximate surface area is 123 Å². The van der Waals surface area contributed by atoms with Gasteiger partial charge in [-0.3, -0.25) is 4.79 Å². The minimum atomic E-state index is -1.38. The molecule has 0 unspecified atom stereocenters. The van der Waals surface area contributed by atoms with Gasteiger partial charge in [0.15, 0.2) is 0 Å². The van der Waals surface area contributed by atoms with E-state index >= 15 is 0 Å². The van der Waals surface area contributed by atoms with E-state index < -0.39 is 35.5 Å². The first-order valence-electron chi connectivity index (χ1n) is 7.18. The molecule has 0 amide bonds. The summed E-state index contributed by atoms with van der Waals surface area (Å²) in [6, 6.07) is 0. The molecule has 0 radical (unpaired) electrons. The normalized spacial score (nSPS) is 37.0. The van der Waals surface area contributed by atoms with Crippen molar-refractivity contribution in [3.63, 3.8) is 0 Å². The van der Waals surface area contributed by atoms with Gasteiger partial charge in [0.05, 0.1) is 17.6 Å². The molecule has 0 aromatic heterocycles. The minimum absolute atomic E-state index is 0.0768. The van der Waals surface area contributed by atoms with Gasteiger partial charge in [-0.1, -0.05) is 20.4 Å². The van der Waals surface area contributed by atoms with E-state index in [1.54, 1.807) is 0 Å². The zero-order valence-corrected chi connectivity index (χ0v) is 12.3. The van der Waals surface area contributed by atoms with Crippen molar-refractivity contribution in [1.82, 2.24) is 0 Å². The van der Waals surface area contributed by atoms with E-state index in [0.717, 1.165) is 0 Å². The lowest BCUT2D eigenvalue weighted by molar-refractivity contribution is -0.151. The summed E-state index contributed by atoms with van der Waals surface area (Å²) in [5.74, 6) is -3.39. The molecule has 6 nitrogen and oxygen atoms in total. The summed E-state index contributed by atoms with van der Waals surface area (Å²) in [5, 5.41) is 30.0. The third-order valence-electron chi connectivity index (χ3n) is 4.94. The molecule has 0 spiro atoms. The maximum atomic E-state index is 12.0. The number of carboxylic acids is 1. The number of carbonyl (C=O) groups is 2. The predicted molar refractivity (Wildman–Crippen MR) is 73.2 cm³/mol. The first-order chi connectivity index (χ1) is 9.69. The number of fused-ring (bicyclic) bond motifs is 1. The van der Waals surface area contributed by atoms with E-state index in [1.807, 2.05) is 13.8 Å². The Bertz CT molecular complexity index is 471. The van der Waals surface area contributed by atoms with Gasteiger partial charge in [0.25, 0.3) is 0 Å². The number of aliphatic carboxylic acids is 1. The second-order valence-electron chi connectivity index (χ2n) is 6.49. The van der Waals surface area contributed by atoms with Crippen LogP contribution in [0.25, 0.3) is 0 Å². The molecule has 21 heavy (non-hydrogen) atoms. The molecule has 118 valence electrons. The van der Waals surface area contributed by atoms with Gasteiger partial charge >= 0.3 is 11.9 Å². The molecular formula is C15H22O6. The summed E-state index contributed by atoms with van der Waals surface area (Å²) in [6.07, 6.45) is -0.359. The van der Waals surface area contributed by atoms with Crippen LogP contribution >= 0.6 is 0 Å². The van der Waals surface area contributed by atoms with Crippen molar-refractivity contribution in [2.24, 2.45) is 23.7 Å². The number of aliphatic hydroxyl groups excluding tert-OH is 1. The van der Waals surface area contributed by atoms with Gasteiger partial charge in [0.2, 0.25) is 0 Å². The van der Waals surface area contributed by atoms with Crippen LogP contribution in [-0.2, 0) is 14.3 Å². The summed E-state index contributed by atoms with van der Waals surface area (Å²) in [5.41, 5.74) is -1.66. The van der Waals surface area contributed by atoms with Gasteiger partial charge in [-0.2, -0.15) is 0 Å². The molecule has 2 rings (SSSR count). The molecule has 0 aromatic carbocycles. The lowest BCUT2D eigenvalue weighted by Gasteiger charge is -2.45. The third-order valence-corrected chi connectivity index (χ3v) is 4.94. The first kappa shape index (κ1) is 16.0. The second-order valence-corrected chi connectivity index (χ2v) is 6.49. The molecule has 2 fully saturated rings. The van der Waals surface area contributed by atoms with E-state index in [0.29, 0.717) is 12.8 Å². The Balaban J connectivity index is 2.40. The highest BCUT2D eigenvalue weighted by atomic mass is 16.6. The quantitative estimate of drug-likeness (QED) is 0.518.